The largest absolute Gasteiger partial charge is 0.497 e. The molecule has 3 aromatic rings. The third kappa shape index (κ3) is 3.50. The zero-order chi connectivity index (χ0) is 17.8. The van der Waals surface area contributed by atoms with Crippen molar-refractivity contribution in [1.82, 2.24) is 4.98 Å². The molecule has 4 rings (SSSR count). The van der Waals surface area contributed by atoms with Crippen molar-refractivity contribution in [3.8, 4) is 17.6 Å². The molecule has 0 saturated carbocycles. The van der Waals surface area contributed by atoms with E-state index >= 15 is 0 Å². The number of aromatic nitrogens is 1. The third-order valence-corrected chi connectivity index (χ3v) is 4.35. The topological polar surface area (TPSA) is 34.5 Å². The maximum atomic E-state index is 5.31. The molecule has 0 bridgehead atoms. The summed E-state index contributed by atoms with van der Waals surface area (Å²) in [4.78, 5) is 8.83. The van der Waals surface area contributed by atoms with E-state index in [0.29, 0.717) is 6.54 Å². The van der Waals surface area contributed by atoms with Gasteiger partial charge in [-0.05, 0) is 65.3 Å². The van der Waals surface area contributed by atoms with Crippen LogP contribution in [0.4, 0.5) is 0 Å². The van der Waals surface area contributed by atoms with Crippen LogP contribution in [0, 0.1) is 11.8 Å². The molecule has 1 aromatic heterocycles. The first kappa shape index (κ1) is 16.1. The Labute approximate surface area is 153 Å². The van der Waals surface area contributed by atoms with E-state index in [1.54, 1.807) is 13.3 Å². The fourth-order valence-corrected chi connectivity index (χ4v) is 3.03. The lowest BCUT2D eigenvalue weighted by Crippen LogP contribution is -1.98. The van der Waals surface area contributed by atoms with Crippen LogP contribution in [0.1, 0.15) is 27.9 Å². The lowest BCUT2D eigenvalue weighted by Gasteiger charge is -2.07. The van der Waals surface area contributed by atoms with Crippen LogP contribution < -0.4 is 4.74 Å². The zero-order valence-corrected chi connectivity index (χ0v) is 14.6. The molecular weight excluding hydrogens is 320 g/mol. The summed E-state index contributed by atoms with van der Waals surface area (Å²) in [6, 6.07) is 20.4. The Balaban J connectivity index is 1.58. The maximum Gasteiger partial charge on any atom is 0.119 e. The highest BCUT2D eigenvalue weighted by Crippen LogP contribution is 2.23. The van der Waals surface area contributed by atoms with Gasteiger partial charge >= 0.3 is 0 Å². The molecule has 0 aliphatic carbocycles. The van der Waals surface area contributed by atoms with Gasteiger partial charge in [0.05, 0.1) is 13.7 Å². The smallest absolute Gasteiger partial charge is 0.119 e. The van der Waals surface area contributed by atoms with E-state index in [0.717, 1.165) is 29.1 Å². The maximum absolute atomic E-state index is 5.31. The lowest BCUT2D eigenvalue weighted by atomic mass is 9.98. The summed E-state index contributed by atoms with van der Waals surface area (Å²) in [7, 11) is 1.69. The third-order valence-electron chi connectivity index (χ3n) is 4.35. The summed E-state index contributed by atoms with van der Waals surface area (Å²) >= 11 is 0. The molecule has 3 nitrogen and oxygen atoms in total. The number of rotatable bonds is 3. The van der Waals surface area contributed by atoms with Crippen molar-refractivity contribution in [1.29, 1.82) is 0 Å². The van der Waals surface area contributed by atoms with Crippen LogP contribution in [-0.4, -0.2) is 17.8 Å². The van der Waals surface area contributed by atoms with Crippen LogP contribution in [0.5, 0.6) is 5.75 Å². The summed E-state index contributed by atoms with van der Waals surface area (Å²) in [6.07, 6.45) is 2.60. The molecule has 0 fully saturated rings. The first-order valence-electron chi connectivity index (χ1n) is 8.54. The van der Waals surface area contributed by atoms with Crippen LogP contribution in [0.3, 0.4) is 0 Å². The highest BCUT2D eigenvalue weighted by atomic mass is 16.5. The molecule has 0 radical (unpaired) electrons. The average Bonchev–Trinajstić information content (AvgIpc) is 3.09. The van der Waals surface area contributed by atoms with E-state index in [1.165, 1.54) is 16.7 Å². The molecule has 126 valence electrons. The number of hydrogen-bond acceptors (Lipinski definition) is 3. The van der Waals surface area contributed by atoms with Crippen LogP contribution >= 0.6 is 0 Å². The standard InChI is InChI=1S/C23H18N2O/c1-26-21-7-4-5-17(14-21)13-18-8-9-19-16-25-23(22(19)15-18)11-10-20-6-2-3-12-24-20/h2-9,12,14-15H,13,16H2,1H3. The van der Waals surface area contributed by atoms with Crippen molar-refractivity contribution in [2.45, 2.75) is 13.0 Å². The Morgan fingerprint density at radius 1 is 0.962 bits per heavy atom. The molecule has 0 amide bonds. The minimum Gasteiger partial charge on any atom is -0.497 e. The average molecular weight is 338 g/mol. The van der Waals surface area contributed by atoms with E-state index in [1.807, 2.05) is 30.3 Å². The van der Waals surface area contributed by atoms with Gasteiger partial charge in [0.1, 0.15) is 17.2 Å². The first-order valence-corrected chi connectivity index (χ1v) is 8.54. The number of nitrogens with zero attached hydrogens (tertiary/aromatic N) is 2. The summed E-state index contributed by atoms with van der Waals surface area (Å²) < 4.78 is 5.31. The molecule has 2 heterocycles. The van der Waals surface area contributed by atoms with Gasteiger partial charge in [-0.3, -0.25) is 4.99 Å². The molecule has 0 atom stereocenters. The summed E-state index contributed by atoms with van der Waals surface area (Å²) in [5.41, 5.74) is 6.43. The van der Waals surface area contributed by atoms with Gasteiger partial charge in [0, 0.05) is 11.8 Å². The lowest BCUT2D eigenvalue weighted by molar-refractivity contribution is 0.414. The quantitative estimate of drug-likeness (QED) is 0.676. The molecule has 0 spiro atoms. The predicted molar refractivity (Wildman–Crippen MR) is 104 cm³/mol. The molecule has 1 aliphatic rings. The monoisotopic (exact) mass is 338 g/mol. The molecule has 2 aromatic carbocycles. The number of pyridine rings is 1. The Morgan fingerprint density at radius 3 is 2.73 bits per heavy atom. The first-order chi connectivity index (χ1) is 12.8. The Morgan fingerprint density at radius 2 is 1.88 bits per heavy atom. The highest BCUT2D eigenvalue weighted by molar-refractivity contribution is 6.15. The SMILES string of the molecule is COc1cccc(Cc2ccc3c(c2)C(C#Cc2ccccn2)=NC3)c1. The number of benzene rings is 2. The van der Waals surface area contributed by atoms with Crippen molar-refractivity contribution >= 4 is 5.71 Å². The molecule has 1 aliphatic heterocycles. The van der Waals surface area contributed by atoms with Crippen molar-refractivity contribution < 1.29 is 4.74 Å². The van der Waals surface area contributed by atoms with Gasteiger partial charge in [-0.1, -0.05) is 30.3 Å². The van der Waals surface area contributed by atoms with Crippen molar-refractivity contribution in [2.24, 2.45) is 4.99 Å². The Hall–Kier alpha value is -3.38. The normalized spacial score (nSPS) is 12.0. The number of ether oxygens (including phenoxy) is 1. The second-order valence-corrected chi connectivity index (χ2v) is 6.15. The minimum atomic E-state index is 0.695. The van der Waals surface area contributed by atoms with Crippen LogP contribution in [0.25, 0.3) is 0 Å². The summed E-state index contributed by atoms with van der Waals surface area (Å²) in [6.45, 7) is 0.695. The number of aliphatic imine (C=N–C) groups is 1. The Kier molecular flexibility index (Phi) is 4.49. The molecule has 0 N–H and O–H groups in total. The van der Waals surface area contributed by atoms with E-state index in [2.05, 4.69) is 52.1 Å². The van der Waals surface area contributed by atoms with Gasteiger partial charge < -0.3 is 4.74 Å². The van der Waals surface area contributed by atoms with E-state index < -0.39 is 0 Å². The summed E-state index contributed by atoms with van der Waals surface area (Å²) in [5.74, 6) is 7.17. The van der Waals surface area contributed by atoms with E-state index in [9.17, 15) is 0 Å². The van der Waals surface area contributed by atoms with Crippen molar-refractivity contribution in [2.75, 3.05) is 7.11 Å². The predicted octanol–water partition coefficient (Wildman–Crippen LogP) is 4.04. The fourth-order valence-electron chi connectivity index (χ4n) is 3.03. The summed E-state index contributed by atoms with van der Waals surface area (Å²) in [5, 5.41) is 0. The number of fused-ring (bicyclic) bond motifs is 1. The van der Waals surface area contributed by atoms with Gasteiger partial charge in [-0.2, -0.15) is 0 Å². The van der Waals surface area contributed by atoms with Gasteiger partial charge in [0.15, 0.2) is 0 Å². The van der Waals surface area contributed by atoms with Crippen LogP contribution in [0.15, 0.2) is 71.9 Å². The van der Waals surface area contributed by atoms with Crippen LogP contribution in [0.2, 0.25) is 0 Å². The molecule has 26 heavy (non-hydrogen) atoms. The molecule has 0 unspecified atom stereocenters. The minimum absolute atomic E-state index is 0.695. The highest BCUT2D eigenvalue weighted by Gasteiger charge is 2.14. The molecular formula is C23H18N2O. The fraction of sp³-hybridized carbons (Fsp3) is 0.130. The Bertz CT molecular complexity index is 1030. The van der Waals surface area contributed by atoms with Crippen LogP contribution in [-0.2, 0) is 13.0 Å². The van der Waals surface area contributed by atoms with Gasteiger partial charge in [0.25, 0.3) is 0 Å². The van der Waals surface area contributed by atoms with Crippen molar-refractivity contribution in [3.05, 3.63) is 94.8 Å². The van der Waals surface area contributed by atoms with E-state index in [-0.39, 0.29) is 0 Å². The van der Waals surface area contributed by atoms with E-state index in [4.69, 9.17) is 4.74 Å². The van der Waals surface area contributed by atoms with Gasteiger partial charge in [-0.15, -0.1) is 0 Å². The number of hydrogen-bond donors (Lipinski definition) is 0. The second-order valence-electron chi connectivity index (χ2n) is 6.15. The van der Waals surface area contributed by atoms with Gasteiger partial charge in [-0.25, -0.2) is 4.98 Å². The van der Waals surface area contributed by atoms with Gasteiger partial charge in [0.2, 0.25) is 0 Å². The van der Waals surface area contributed by atoms with Crippen molar-refractivity contribution in [3.63, 3.8) is 0 Å². The zero-order valence-electron chi connectivity index (χ0n) is 14.6. The second kappa shape index (κ2) is 7.25. The molecule has 3 heteroatoms. The molecule has 0 saturated heterocycles. The number of methoxy groups -OCH3 is 1.